The van der Waals surface area contributed by atoms with Crippen LogP contribution >= 0.6 is 0 Å². The lowest BCUT2D eigenvalue weighted by molar-refractivity contribution is 0.304. The average molecular weight is 409 g/mol. The molecule has 0 aromatic heterocycles. The van der Waals surface area contributed by atoms with Crippen molar-refractivity contribution in [3.05, 3.63) is 75.9 Å². The van der Waals surface area contributed by atoms with E-state index in [-0.39, 0.29) is 11.6 Å². The van der Waals surface area contributed by atoms with Gasteiger partial charge in [0, 0.05) is 5.56 Å². The second-order valence-corrected chi connectivity index (χ2v) is 9.28. The highest BCUT2D eigenvalue weighted by molar-refractivity contribution is 5.71. The van der Waals surface area contributed by atoms with Gasteiger partial charge in [-0.1, -0.05) is 57.4 Å². The largest absolute Gasteiger partial charge is 0.207 e. The highest BCUT2D eigenvalue weighted by atomic mass is 19.1. The molecule has 0 atom stereocenters. The third-order valence-electron chi connectivity index (χ3n) is 7.32. The summed E-state index contributed by atoms with van der Waals surface area (Å²) in [5.41, 5.74) is 5.76. The van der Waals surface area contributed by atoms with E-state index < -0.39 is 0 Å². The van der Waals surface area contributed by atoms with E-state index in [1.165, 1.54) is 50.5 Å². The van der Waals surface area contributed by atoms with Gasteiger partial charge < -0.3 is 0 Å². The van der Waals surface area contributed by atoms with Gasteiger partial charge in [0.2, 0.25) is 0 Å². The van der Waals surface area contributed by atoms with E-state index in [0.717, 1.165) is 34.6 Å². The molecule has 160 valence electrons. The first-order chi connectivity index (χ1) is 14.6. The van der Waals surface area contributed by atoms with Crippen molar-refractivity contribution in [3.63, 3.8) is 0 Å². The van der Waals surface area contributed by atoms with Gasteiger partial charge in [-0.15, -0.1) is 0 Å². The molecule has 30 heavy (non-hydrogen) atoms. The summed E-state index contributed by atoms with van der Waals surface area (Å²) in [5.74, 6) is 1.10. The van der Waals surface area contributed by atoms with Gasteiger partial charge in [-0.05, 0) is 96.7 Å². The molecule has 0 bridgehead atoms. The monoisotopic (exact) mass is 408 g/mol. The SMILES string of the molecule is CCCCC1CCC(c2ccc(C3=CCc4cc(CC)c(F)cc4C3)c(F)c2)CC1. The Bertz CT molecular complexity index is 916. The van der Waals surface area contributed by atoms with Crippen LogP contribution in [0.3, 0.4) is 0 Å². The maximum Gasteiger partial charge on any atom is 0.130 e. The number of fused-ring (bicyclic) bond motifs is 1. The van der Waals surface area contributed by atoms with Crippen LogP contribution < -0.4 is 0 Å². The van der Waals surface area contributed by atoms with Crippen LogP contribution in [0.25, 0.3) is 5.57 Å². The molecule has 0 radical (unpaired) electrons. The summed E-state index contributed by atoms with van der Waals surface area (Å²) in [6.45, 7) is 4.23. The third kappa shape index (κ3) is 4.53. The fourth-order valence-corrected chi connectivity index (χ4v) is 5.37. The molecule has 0 N–H and O–H groups in total. The van der Waals surface area contributed by atoms with E-state index in [1.54, 1.807) is 12.1 Å². The highest BCUT2D eigenvalue weighted by Crippen LogP contribution is 2.39. The minimum absolute atomic E-state index is 0.124. The van der Waals surface area contributed by atoms with Gasteiger partial charge in [-0.3, -0.25) is 0 Å². The van der Waals surface area contributed by atoms with Gasteiger partial charge in [0.1, 0.15) is 11.6 Å². The van der Waals surface area contributed by atoms with E-state index in [2.05, 4.69) is 19.1 Å². The molecule has 1 fully saturated rings. The van der Waals surface area contributed by atoms with E-state index in [9.17, 15) is 4.39 Å². The summed E-state index contributed by atoms with van der Waals surface area (Å²) in [4.78, 5) is 0. The van der Waals surface area contributed by atoms with E-state index in [0.29, 0.717) is 24.3 Å². The van der Waals surface area contributed by atoms with Crippen molar-refractivity contribution in [2.75, 3.05) is 0 Å². The molecule has 0 heterocycles. The minimum Gasteiger partial charge on any atom is -0.207 e. The third-order valence-corrected chi connectivity index (χ3v) is 7.32. The van der Waals surface area contributed by atoms with Crippen LogP contribution in [0.1, 0.15) is 92.5 Å². The predicted molar refractivity (Wildman–Crippen MR) is 122 cm³/mol. The Labute approximate surface area is 180 Å². The molecule has 4 rings (SSSR count). The molecule has 2 heteroatoms. The van der Waals surface area contributed by atoms with Gasteiger partial charge >= 0.3 is 0 Å². The number of hydrogen-bond acceptors (Lipinski definition) is 0. The molecule has 0 nitrogen and oxygen atoms in total. The van der Waals surface area contributed by atoms with Crippen LogP contribution in [-0.4, -0.2) is 0 Å². The lowest BCUT2D eigenvalue weighted by Crippen LogP contribution is -2.14. The lowest BCUT2D eigenvalue weighted by Gasteiger charge is -2.29. The van der Waals surface area contributed by atoms with Gasteiger partial charge in [0.15, 0.2) is 0 Å². The Morgan fingerprint density at radius 3 is 2.40 bits per heavy atom. The van der Waals surface area contributed by atoms with Crippen molar-refractivity contribution < 1.29 is 8.78 Å². The molecule has 2 aliphatic rings. The summed E-state index contributed by atoms with van der Waals surface area (Å²) >= 11 is 0. The topological polar surface area (TPSA) is 0 Å². The Hall–Kier alpha value is -1.96. The van der Waals surface area contributed by atoms with Crippen molar-refractivity contribution in [1.82, 2.24) is 0 Å². The summed E-state index contributed by atoms with van der Waals surface area (Å²) in [7, 11) is 0. The summed E-state index contributed by atoms with van der Waals surface area (Å²) < 4.78 is 29.3. The number of unbranched alkanes of at least 4 members (excludes halogenated alkanes) is 1. The quantitative estimate of drug-likeness (QED) is 0.452. The van der Waals surface area contributed by atoms with Crippen LogP contribution in [0.15, 0.2) is 36.4 Å². The van der Waals surface area contributed by atoms with Gasteiger partial charge in [0.05, 0.1) is 0 Å². The molecule has 1 saturated carbocycles. The summed E-state index contributed by atoms with van der Waals surface area (Å²) in [5, 5.41) is 0. The number of aryl methyl sites for hydroxylation is 1. The molecular weight excluding hydrogens is 374 g/mol. The number of benzene rings is 2. The first-order valence-corrected chi connectivity index (χ1v) is 11.9. The van der Waals surface area contributed by atoms with E-state index in [1.807, 2.05) is 19.1 Å². The molecule has 2 aromatic carbocycles. The lowest BCUT2D eigenvalue weighted by atomic mass is 9.76. The minimum atomic E-state index is -0.136. The zero-order chi connectivity index (χ0) is 21.1. The van der Waals surface area contributed by atoms with Gasteiger partial charge in [-0.2, -0.15) is 0 Å². The molecule has 0 amide bonds. The molecule has 0 saturated heterocycles. The van der Waals surface area contributed by atoms with Crippen molar-refractivity contribution in [3.8, 4) is 0 Å². The summed E-state index contributed by atoms with van der Waals surface area (Å²) in [6.07, 6.45) is 13.1. The Morgan fingerprint density at radius 1 is 0.900 bits per heavy atom. The zero-order valence-electron chi connectivity index (χ0n) is 18.4. The molecule has 0 spiro atoms. The van der Waals surface area contributed by atoms with Crippen molar-refractivity contribution >= 4 is 5.57 Å². The second-order valence-electron chi connectivity index (χ2n) is 9.28. The number of hydrogen-bond donors (Lipinski definition) is 0. The predicted octanol–water partition coefficient (Wildman–Crippen LogP) is 8.17. The maximum atomic E-state index is 15.1. The molecule has 0 aliphatic heterocycles. The average Bonchev–Trinajstić information content (AvgIpc) is 2.77. The van der Waals surface area contributed by atoms with Gasteiger partial charge in [-0.25, -0.2) is 8.78 Å². The molecule has 2 aromatic rings. The van der Waals surface area contributed by atoms with Crippen molar-refractivity contribution in [2.24, 2.45) is 5.92 Å². The summed E-state index contributed by atoms with van der Waals surface area (Å²) in [6, 6.07) is 9.50. The fraction of sp³-hybridized carbons (Fsp3) is 0.500. The Morgan fingerprint density at radius 2 is 1.70 bits per heavy atom. The van der Waals surface area contributed by atoms with Gasteiger partial charge in [0.25, 0.3) is 0 Å². The highest BCUT2D eigenvalue weighted by Gasteiger charge is 2.23. The van der Waals surface area contributed by atoms with E-state index >= 15 is 4.39 Å². The number of halogens is 2. The normalized spacial score (nSPS) is 21.3. The maximum absolute atomic E-state index is 15.1. The van der Waals surface area contributed by atoms with E-state index in [4.69, 9.17) is 0 Å². The molecule has 2 aliphatic carbocycles. The first kappa shape index (κ1) is 21.3. The number of rotatable bonds is 6. The van der Waals surface area contributed by atoms with Crippen LogP contribution in [0, 0.1) is 17.6 Å². The molecule has 0 unspecified atom stereocenters. The Balaban J connectivity index is 1.46. The van der Waals surface area contributed by atoms with Crippen LogP contribution in [0.5, 0.6) is 0 Å². The van der Waals surface area contributed by atoms with Crippen LogP contribution in [0.2, 0.25) is 0 Å². The zero-order valence-corrected chi connectivity index (χ0v) is 18.4. The fourth-order valence-electron chi connectivity index (χ4n) is 5.37. The number of allylic oxidation sites excluding steroid dienone is 2. The smallest absolute Gasteiger partial charge is 0.130 e. The van der Waals surface area contributed by atoms with Crippen LogP contribution in [-0.2, 0) is 19.3 Å². The van der Waals surface area contributed by atoms with Crippen molar-refractivity contribution in [2.45, 2.75) is 84.0 Å². The standard InChI is InChI=1S/C28H34F2/c1-3-5-6-19-7-9-21(10-8-19)23-13-14-26(28(30)17-23)24-12-11-22-15-20(4-2)27(29)18-25(22)16-24/h12-15,17-19,21H,3-11,16H2,1-2H3. The second kappa shape index (κ2) is 9.45. The van der Waals surface area contributed by atoms with Crippen molar-refractivity contribution in [1.29, 1.82) is 0 Å². The first-order valence-electron chi connectivity index (χ1n) is 11.9. The Kier molecular flexibility index (Phi) is 6.71. The molecular formula is C28H34F2. The van der Waals surface area contributed by atoms with Crippen LogP contribution in [0.4, 0.5) is 8.78 Å².